The zero-order valence-corrected chi connectivity index (χ0v) is 12.4. The van der Waals surface area contributed by atoms with Crippen LogP contribution in [0.25, 0.3) is 11.3 Å². The topological polar surface area (TPSA) is 73.6 Å². The minimum atomic E-state index is -1.04. The summed E-state index contributed by atoms with van der Waals surface area (Å²) in [6.07, 6.45) is 1.95. The summed E-state index contributed by atoms with van der Waals surface area (Å²) in [7, 11) is 1.72. The van der Waals surface area contributed by atoms with E-state index in [4.69, 9.17) is 14.6 Å². The fourth-order valence-corrected chi connectivity index (χ4v) is 3.06. The minimum Gasteiger partial charge on any atom is -0.486 e. The van der Waals surface area contributed by atoms with Crippen molar-refractivity contribution < 1.29 is 19.4 Å². The van der Waals surface area contributed by atoms with Crippen LogP contribution in [0.2, 0.25) is 0 Å². The SMILES string of the molecule is CSc1c(-c2cc(C(=O)O)nn2C)ccc2c1OCCO2. The van der Waals surface area contributed by atoms with Crippen LogP contribution in [0.1, 0.15) is 10.5 Å². The second kappa shape index (κ2) is 5.33. The number of carboxylic acids is 1. The van der Waals surface area contributed by atoms with Gasteiger partial charge in [0.2, 0.25) is 0 Å². The fraction of sp³-hybridized carbons (Fsp3) is 0.286. The van der Waals surface area contributed by atoms with Crippen LogP contribution in [0, 0.1) is 0 Å². The predicted octanol–water partition coefficient (Wildman–Crippen LogP) is 2.28. The maximum absolute atomic E-state index is 11.1. The molecule has 0 unspecified atom stereocenters. The Morgan fingerprint density at radius 2 is 2.14 bits per heavy atom. The van der Waals surface area contributed by atoms with Crippen LogP contribution in [-0.4, -0.2) is 40.3 Å². The van der Waals surface area contributed by atoms with E-state index in [-0.39, 0.29) is 5.69 Å². The molecule has 2 aromatic rings. The molecule has 110 valence electrons. The summed E-state index contributed by atoms with van der Waals surface area (Å²) in [5, 5.41) is 13.1. The van der Waals surface area contributed by atoms with Gasteiger partial charge in [-0.25, -0.2) is 4.79 Å². The first-order chi connectivity index (χ1) is 10.1. The molecule has 0 amide bonds. The Kier molecular flexibility index (Phi) is 3.50. The molecule has 0 fully saturated rings. The lowest BCUT2D eigenvalue weighted by Crippen LogP contribution is -2.16. The number of hydrogen-bond acceptors (Lipinski definition) is 5. The summed E-state index contributed by atoms with van der Waals surface area (Å²) in [5.41, 5.74) is 1.64. The van der Waals surface area contributed by atoms with Crippen molar-refractivity contribution >= 4 is 17.7 Å². The highest BCUT2D eigenvalue weighted by molar-refractivity contribution is 7.98. The number of aromatic carboxylic acids is 1. The molecule has 0 saturated carbocycles. The number of rotatable bonds is 3. The van der Waals surface area contributed by atoms with Gasteiger partial charge >= 0.3 is 5.97 Å². The molecule has 7 heteroatoms. The molecule has 2 heterocycles. The number of nitrogens with zero attached hydrogens (tertiary/aromatic N) is 2. The molecule has 0 aliphatic carbocycles. The summed E-state index contributed by atoms with van der Waals surface area (Å²) in [4.78, 5) is 12.0. The molecule has 0 atom stereocenters. The van der Waals surface area contributed by atoms with Gasteiger partial charge in [-0.1, -0.05) is 0 Å². The molecule has 0 saturated heterocycles. The van der Waals surface area contributed by atoms with Gasteiger partial charge in [-0.05, 0) is 24.5 Å². The van der Waals surface area contributed by atoms with E-state index in [0.717, 1.165) is 21.9 Å². The zero-order valence-electron chi connectivity index (χ0n) is 11.6. The first kappa shape index (κ1) is 13.8. The standard InChI is InChI=1S/C14H14N2O4S/c1-16-10(7-9(15-16)14(17)18)8-3-4-11-12(13(8)21-2)20-6-5-19-11/h3-4,7H,5-6H2,1-2H3,(H,17,18). The largest absolute Gasteiger partial charge is 0.486 e. The van der Waals surface area contributed by atoms with Gasteiger partial charge in [-0.2, -0.15) is 5.10 Å². The summed E-state index contributed by atoms with van der Waals surface area (Å²) in [6, 6.07) is 5.31. The molecule has 1 aliphatic rings. The second-order valence-corrected chi connectivity index (χ2v) is 5.33. The Bertz CT molecular complexity index is 711. The molecule has 0 bridgehead atoms. The highest BCUT2D eigenvalue weighted by Gasteiger charge is 2.22. The van der Waals surface area contributed by atoms with E-state index in [1.165, 1.54) is 11.8 Å². The molecule has 1 aromatic carbocycles. The lowest BCUT2D eigenvalue weighted by molar-refractivity contribution is 0.0689. The van der Waals surface area contributed by atoms with Crippen LogP contribution < -0.4 is 9.47 Å². The Labute approximate surface area is 125 Å². The third-order valence-electron chi connectivity index (χ3n) is 3.24. The molecule has 0 radical (unpaired) electrons. The van der Waals surface area contributed by atoms with Crippen LogP contribution in [0.5, 0.6) is 11.5 Å². The average molecular weight is 306 g/mol. The maximum Gasteiger partial charge on any atom is 0.356 e. The van der Waals surface area contributed by atoms with Crippen LogP contribution in [0.4, 0.5) is 0 Å². The number of aromatic nitrogens is 2. The third-order valence-corrected chi connectivity index (χ3v) is 4.06. The van der Waals surface area contributed by atoms with Gasteiger partial charge in [0.15, 0.2) is 17.2 Å². The number of aryl methyl sites for hydroxylation is 1. The van der Waals surface area contributed by atoms with Gasteiger partial charge in [0.1, 0.15) is 13.2 Å². The first-order valence-electron chi connectivity index (χ1n) is 6.36. The van der Waals surface area contributed by atoms with E-state index >= 15 is 0 Å². The van der Waals surface area contributed by atoms with E-state index in [9.17, 15) is 4.79 Å². The summed E-state index contributed by atoms with van der Waals surface area (Å²) < 4.78 is 12.8. The minimum absolute atomic E-state index is 0.0226. The highest BCUT2D eigenvalue weighted by Crippen LogP contribution is 2.44. The Morgan fingerprint density at radius 1 is 1.38 bits per heavy atom. The highest BCUT2D eigenvalue weighted by atomic mass is 32.2. The van der Waals surface area contributed by atoms with Crippen molar-refractivity contribution in [2.24, 2.45) is 7.05 Å². The Morgan fingerprint density at radius 3 is 2.81 bits per heavy atom. The van der Waals surface area contributed by atoms with Gasteiger partial charge in [-0.15, -0.1) is 11.8 Å². The van der Waals surface area contributed by atoms with Crippen molar-refractivity contribution in [3.8, 4) is 22.8 Å². The number of fused-ring (bicyclic) bond motifs is 1. The van der Waals surface area contributed by atoms with E-state index in [1.54, 1.807) is 17.8 Å². The lowest BCUT2D eigenvalue weighted by atomic mass is 10.1. The van der Waals surface area contributed by atoms with E-state index in [1.807, 2.05) is 18.4 Å². The summed E-state index contributed by atoms with van der Waals surface area (Å²) >= 11 is 1.54. The molecule has 1 aliphatic heterocycles. The zero-order chi connectivity index (χ0) is 15.0. The quantitative estimate of drug-likeness (QED) is 0.877. The van der Waals surface area contributed by atoms with Gasteiger partial charge in [0.25, 0.3) is 0 Å². The van der Waals surface area contributed by atoms with Crippen molar-refractivity contribution in [1.82, 2.24) is 9.78 Å². The second-order valence-electron chi connectivity index (χ2n) is 4.51. The molecule has 1 N–H and O–H groups in total. The van der Waals surface area contributed by atoms with Crippen molar-refractivity contribution in [2.75, 3.05) is 19.5 Å². The molecular weight excluding hydrogens is 292 g/mol. The summed E-state index contributed by atoms with van der Waals surface area (Å²) in [5.74, 6) is 0.388. The van der Waals surface area contributed by atoms with Gasteiger partial charge < -0.3 is 14.6 Å². The predicted molar refractivity (Wildman–Crippen MR) is 78.4 cm³/mol. The van der Waals surface area contributed by atoms with E-state index in [2.05, 4.69) is 5.10 Å². The van der Waals surface area contributed by atoms with E-state index in [0.29, 0.717) is 19.0 Å². The Balaban J connectivity index is 2.16. The number of carbonyl (C=O) groups is 1. The normalized spacial score (nSPS) is 13.2. The number of hydrogen-bond donors (Lipinski definition) is 1. The number of thioether (sulfide) groups is 1. The lowest BCUT2D eigenvalue weighted by Gasteiger charge is -2.22. The van der Waals surface area contributed by atoms with Crippen molar-refractivity contribution in [1.29, 1.82) is 0 Å². The molecule has 0 spiro atoms. The van der Waals surface area contributed by atoms with Gasteiger partial charge in [0.05, 0.1) is 10.6 Å². The molecule has 3 rings (SSSR count). The van der Waals surface area contributed by atoms with Crippen LogP contribution in [0.3, 0.4) is 0 Å². The smallest absolute Gasteiger partial charge is 0.356 e. The Hall–Kier alpha value is -2.15. The van der Waals surface area contributed by atoms with Crippen molar-refractivity contribution in [3.63, 3.8) is 0 Å². The molecular formula is C14H14N2O4S. The van der Waals surface area contributed by atoms with Crippen molar-refractivity contribution in [3.05, 3.63) is 23.9 Å². The number of ether oxygens (including phenoxy) is 2. The fourth-order valence-electron chi connectivity index (χ4n) is 2.32. The van der Waals surface area contributed by atoms with Crippen LogP contribution in [0.15, 0.2) is 23.1 Å². The molecule has 6 nitrogen and oxygen atoms in total. The van der Waals surface area contributed by atoms with Crippen molar-refractivity contribution in [2.45, 2.75) is 4.90 Å². The molecule has 21 heavy (non-hydrogen) atoms. The number of carboxylic acid groups (broad SMARTS) is 1. The van der Waals surface area contributed by atoms with Gasteiger partial charge in [-0.3, -0.25) is 4.68 Å². The number of benzene rings is 1. The molecule has 1 aromatic heterocycles. The van der Waals surface area contributed by atoms with E-state index < -0.39 is 5.97 Å². The monoisotopic (exact) mass is 306 g/mol. The first-order valence-corrected chi connectivity index (χ1v) is 7.58. The summed E-state index contributed by atoms with van der Waals surface area (Å²) in [6.45, 7) is 1.05. The van der Waals surface area contributed by atoms with Gasteiger partial charge in [0, 0.05) is 12.6 Å². The van der Waals surface area contributed by atoms with Crippen LogP contribution >= 0.6 is 11.8 Å². The van der Waals surface area contributed by atoms with Crippen LogP contribution in [-0.2, 0) is 7.05 Å². The third kappa shape index (κ3) is 2.33. The maximum atomic E-state index is 11.1. The average Bonchev–Trinajstić information content (AvgIpc) is 2.88.